The summed E-state index contributed by atoms with van der Waals surface area (Å²) in [5.41, 5.74) is 4.42. The zero-order valence-electron chi connectivity index (χ0n) is 20.0. The predicted molar refractivity (Wildman–Crippen MR) is 136 cm³/mol. The SMILES string of the molecule is CCOC(=O)c1c(NC(=O)CCSc2nc3c(cc2C#N)CC(C)CC3)sc2c1CCC(C)C2. The first kappa shape index (κ1) is 24.7. The van der Waals surface area contributed by atoms with Gasteiger partial charge in [-0.25, -0.2) is 9.78 Å². The van der Waals surface area contributed by atoms with Gasteiger partial charge in [-0.2, -0.15) is 5.26 Å². The molecule has 4 rings (SSSR count). The van der Waals surface area contributed by atoms with Gasteiger partial charge in [-0.05, 0) is 74.5 Å². The van der Waals surface area contributed by atoms with Gasteiger partial charge < -0.3 is 10.1 Å². The van der Waals surface area contributed by atoms with E-state index in [2.05, 4.69) is 25.2 Å². The molecule has 0 saturated carbocycles. The van der Waals surface area contributed by atoms with E-state index in [1.54, 1.807) is 6.92 Å². The van der Waals surface area contributed by atoms with Crippen LogP contribution in [0.2, 0.25) is 0 Å². The zero-order chi connectivity index (χ0) is 24.2. The van der Waals surface area contributed by atoms with Crippen molar-refractivity contribution < 1.29 is 14.3 Å². The number of hydrogen-bond acceptors (Lipinski definition) is 7. The standard InChI is InChI=1S/C26H31N3O3S2/c1-4-32-26(31)23-19-7-5-16(3)12-21(19)34-25(23)29-22(30)9-10-33-24-18(14-27)13-17-11-15(2)6-8-20(17)28-24/h13,15-16H,4-12H2,1-3H3,(H,29,30). The van der Waals surface area contributed by atoms with E-state index in [1.807, 2.05) is 6.07 Å². The number of fused-ring (bicyclic) bond motifs is 2. The van der Waals surface area contributed by atoms with Crippen molar-refractivity contribution >= 4 is 40.0 Å². The van der Waals surface area contributed by atoms with Crippen molar-refractivity contribution in [2.75, 3.05) is 17.7 Å². The number of nitrogens with one attached hydrogen (secondary N) is 1. The molecule has 2 unspecified atom stereocenters. The molecule has 0 fully saturated rings. The molecule has 6 nitrogen and oxygen atoms in total. The fourth-order valence-corrected chi connectivity index (χ4v) is 7.04. The number of ether oxygens (including phenoxy) is 1. The van der Waals surface area contributed by atoms with Gasteiger partial charge in [0.25, 0.3) is 0 Å². The number of anilines is 1. The number of esters is 1. The highest BCUT2D eigenvalue weighted by atomic mass is 32.2. The van der Waals surface area contributed by atoms with E-state index < -0.39 is 0 Å². The van der Waals surface area contributed by atoms with Crippen LogP contribution in [-0.2, 0) is 35.2 Å². The number of aromatic nitrogens is 1. The summed E-state index contributed by atoms with van der Waals surface area (Å²) in [4.78, 5) is 31.4. The van der Waals surface area contributed by atoms with Gasteiger partial charge in [0.15, 0.2) is 0 Å². The molecule has 2 heterocycles. The van der Waals surface area contributed by atoms with Crippen LogP contribution in [0.4, 0.5) is 5.00 Å². The van der Waals surface area contributed by atoms with Gasteiger partial charge in [-0.3, -0.25) is 4.79 Å². The Labute approximate surface area is 209 Å². The maximum absolute atomic E-state index is 12.8. The van der Waals surface area contributed by atoms with Crippen LogP contribution >= 0.6 is 23.1 Å². The van der Waals surface area contributed by atoms with Gasteiger partial charge in [0.1, 0.15) is 16.1 Å². The molecule has 2 aromatic rings. The van der Waals surface area contributed by atoms with Crippen molar-refractivity contribution in [1.29, 1.82) is 5.26 Å². The Morgan fingerprint density at radius 2 is 2.03 bits per heavy atom. The highest BCUT2D eigenvalue weighted by Crippen LogP contribution is 2.40. The molecular weight excluding hydrogens is 466 g/mol. The van der Waals surface area contributed by atoms with E-state index in [0.29, 0.717) is 45.3 Å². The molecule has 1 amide bonds. The molecule has 180 valence electrons. The molecule has 2 aliphatic carbocycles. The summed E-state index contributed by atoms with van der Waals surface area (Å²) in [7, 11) is 0. The first-order chi connectivity index (χ1) is 16.4. The van der Waals surface area contributed by atoms with Crippen LogP contribution in [0, 0.1) is 23.2 Å². The lowest BCUT2D eigenvalue weighted by Crippen LogP contribution is -2.17. The Hall–Kier alpha value is -2.37. The van der Waals surface area contributed by atoms with Crippen molar-refractivity contribution in [2.24, 2.45) is 11.8 Å². The van der Waals surface area contributed by atoms with Crippen LogP contribution in [0.25, 0.3) is 0 Å². The summed E-state index contributed by atoms with van der Waals surface area (Å²) in [5.74, 6) is 1.21. The molecule has 1 N–H and O–H groups in total. The summed E-state index contributed by atoms with van der Waals surface area (Å²) in [5, 5.41) is 13.9. The van der Waals surface area contributed by atoms with E-state index in [9.17, 15) is 14.9 Å². The lowest BCUT2D eigenvalue weighted by Gasteiger charge is -2.21. The summed E-state index contributed by atoms with van der Waals surface area (Å²) >= 11 is 2.95. The predicted octanol–water partition coefficient (Wildman–Crippen LogP) is 5.56. The minimum absolute atomic E-state index is 0.144. The van der Waals surface area contributed by atoms with Crippen LogP contribution in [0.15, 0.2) is 11.1 Å². The average molecular weight is 498 g/mol. The Morgan fingerprint density at radius 1 is 1.26 bits per heavy atom. The first-order valence-corrected chi connectivity index (χ1v) is 13.9. The van der Waals surface area contributed by atoms with Crippen LogP contribution in [0.3, 0.4) is 0 Å². The van der Waals surface area contributed by atoms with Gasteiger partial charge in [0, 0.05) is 22.7 Å². The molecule has 34 heavy (non-hydrogen) atoms. The average Bonchev–Trinajstić information content (AvgIpc) is 3.15. The first-order valence-electron chi connectivity index (χ1n) is 12.1. The quantitative estimate of drug-likeness (QED) is 0.398. The van der Waals surface area contributed by atoms with Gasteiger partial charge in [0.05, 0.1) is 17.7 Å². The summed E-state index contributed by atoms with van der Waals surface area (Å²) in [6.45, 7) is 6.54. The lowest BCUT2D eigenvalue weighted by atomic mass is 9.87. The Balaban J connectivity index is 1.42. The molecule has 8 heteroatoms. The number of nitriles is 1. The van der Waals surface area contributed by atoms with Crippen LogP contribution in [-0.4, -0.2) is 29.2 Å². The van der Waals surface area contributed by atoms with E-state index in [0.717, 1.165) is 49.8 Å². The number of carbonyl (C=O) groups excluding carboxylic acids is 2. The third kappa shape index (κ3) is 5.47. The number of thioether (sulfide) groups is 1. The highest BCUT2D eigenvalue weighted by molar-refractivity contribution is 7.99. The van der Waals surface area contributed by atoms with Crippen molar-refractivity contribution in [3.8, 4) is 6.07 Å². The highest BCUT2D eigenvalue weighted by Gasteiger charge is 2.29. The molecule has 0 aromatic carbocycles. The van der Waals surface area contributed by atoms with Crippen molar-refractivity contribution in [1.82, 2.24) is 4.98 Å². The number of hydrogen-bond donors (Lipinski definition) is 1. The number of thiophene rings is 1. The largest absolute Gasteiger partial charge is 0.462 e. The summed E-state index contributed by atoms with van der Waals surface area (Å²) in [6.07, 6.45) is 6.10. The zero-order valence-corrected chi connectivity index (χ0v) is 21.7. The van der Waals surface area contributed by atoms with Gasteiger partial charge in [-0.15, -0.1) is 23.1 Å². The van der Waals surface area contributed by atoms with E-state index in [4.69, 9.17) is 9.72 Å². The van der Waals surface area contributed by atoms with Crippen LogP contribution in [0.5, 0.6) is 0 Å². The van der Waals surface area contributed by atoms with E-state index >= 15 is 0 Å². The maximum Gasteiger partial charge on any atom is 0.341 e. The fourth-order valence-electron chi connectivity index (χ4n) is 4.71. The van der Waals surface area contributed by atoms with Crippen molar-refractivity contribution in [3.63, 3.8) is 0 Å². The molecule has 0 spiro atoms. The topological polar surface area (TPSA) is 92.1 Å². The summed E-state index contributed by atoms with van der Waals surface area (Å²) in [6, 6.07) is 4.24. The second-order valence-corrected chi connectivity index (χ2v) is 11.5. The lowest BCUT2D eigenvalue weighted by molar-refractivity contribution is -0.115. The monoisotopic (exact) mass is 497 g/mol. The molecule has 0 aliphatic heterocycles. The third-order valence-electron chi connectivity index (χ3n) is 6.53. The number of carbonyl (C=O) groups is 2. The molecule has 0 radical (unpaired) electrons. The molecule has 2 aromatic heterocycles. The number of pyridine rings is 1. The number of amides is 1. The molecule has 0 saturated heterocycles. The molecular formula is C26H31N3O3S2. The third-order valence-corrected chi connectivity index (χ3v) is 8.69. The number of nitrogens with zero attached hydrogens (tertiary/aromatic N) is 2. The smallest absolute Gasteiger partial charge is 0.341 e. The van der Waals surface area contributed by atoms with Crippen molar-refractivity contribution in [2.45, 2.75) is 70.7 Å². The normalized spacial score (nSPS) is 19.0. The van der Waals surface area contributed by atoms with Gasteiger partial charge >= 0.3 is 5.97 Å². The minimum atomic E-state index is -0.356. The molecule has 2 aliphatic rings. The second kappa shape index (κ2) is 10.9. The number of rotatable bonds is 7. The molecule has 0 bridgehead atoms. The van der Waals surface area contributed by atoms with Crippen LogP contribution < -0.4 is 5.32 Å². The van der Waals surface area contributed by atoms with Gasteiger partial charge in [0.2, 0.25) is 5.91 Å². The van der Waals surface area contributed by atoms with E-state index in [-0.39, 0.29) is 18.3 Å². The Kier molecular flexibility index (Phi) is 7.95. The Morgan fingerprint density at radius 3 is 2.79 bits per heavy atom. The van der Waals surface area contributed by atoms with E-state index in [1.165, 1.54) is 33.5 Å². The van der Waals surface area contributed by atoms with Gasteiger partial charge in [-0.1, -0.05) is 13.8 Å². The minimum Gasteiger partial charge on any atom is -0.462 e. The summed E-state index contributed by atoms with van der Waals surface area (Å²) < 4.78 is 5.29. The molecule has 2 atom stereocenters. The van der Waals surface area contributed by atoms with Crippen molar-refractivity contribution in [3.05, 3.63) is 38.9 Å². The maximum atomic E-state index is 12.8. The fraction of sp³-hybridized carbons (Fsp3) is 0.538. The van der Waals surface area contributed by atoms with Crippen LogP contribution in [0.1, 0.15) is 77.7 Å². The second-order valence-electron chi connectivity index (χ2n) is 9.33. The Bertz CT molecular complexity index is 1140. The number of aryl methyl sites for hydroxylation is 1.